The molecule has 1 heterocycles. The van der Waals surface area contributed by atoms with E-state index in [9.17, 15) is 5.11 Å². The van der Waals surface area contributed by atoms with Crippen LogP contribution in [0.25, 0.3) is 0 Å². The second kappa shape index (κ2) is 14.4. The van der Waals surface area contributed by atoms with Gasteiger partial charge in [-0.3, -0.25) is 9.89 Å². The standard InChI is InChI=1S/C18H34N4O2.HI/c1-5-8-15(10-11-23)13-20-18(19-6-2)21-14-16(22(3)4)17-9-7-12-24-17;/h7,9,12,15-16,23H,5-6,8,10-11,13-14H2,1-4H3,(H2,19,20,21);1H. The maximum atomic E-state index is 9.18. The molecule has 3 N–H and O–H groups in total. The van der Waals surface area contributed by atoms with E-state index in [4.69, 9.17) is 9.41 Å². The van der Waals surface area contributed by atoms with Gasteiger partial charge in [0.1, 0.15) is 5.76 Å². The Morgan fingerprint density at radius 2 is 2.04 bits per heavy atom. The zero-order valence-corrected chi connectivity index (χ0v) is 18.3. The summed E-state index contributed by atoms with van der Waals surface area (Å²) in [4.78, 5) is 6.82. The average Bonchev–Trinajstić information content (AvgIpc) is 3.06. The SMILES string of the molecule is CCCC(CCO)CN=C(NCC)NCC(c1ccco1)N(C)C.I. The summed E-state index contributed by atoms with van der Waals surface area (Å²) in [6.45, 7) is 6.72. The summed E-state index contributed by atoms with van der Waals surface area (Å²) in [6.07, 6.45) is 4.72. The van der Waals surface area contributed by atoms with Crippen LogP contribution < -0.4 is 10.6 Å². The van der Waals surface area contributed by atoms with E-state index >= 15 is 0 Å². The monoisotopic (exact) mass is 466 g/mol. The maximum Gasteiger partial charge on any atom is 0.191 e. The van der Waals surface area contributed by atoms with Gasteiger partial charge in [0.15, 0.2) is 5.96 Å². The lowest BCUT2D eigenvalue weighted by molar-refractivity contribution is 0.253. The van der Waals surface area contributed by atoms with Crippen LogP contribution in [0.5, 0.6) is 0 Å². The number of guanidine groups is 1. The number of hydrogen-bond acceptors (Lipinski definition) is 4. The third-order valence-corrected chi connectivity index (χ3v) is 4.04. The van der Waals surface area contributed by atoms with Gasteiger partial charge in [0.2, 0.25) is 0 Å². The number of halogens is 1. The molecule has 0 amide bonds. The number of furan rings is 1. The molecule has 1 aromatic rings. The van der Waals surface area contributed by atoms with E-state index in [1.807, 2.05) is 26.2 Å². The Morgan fingerprint density at radius 1 is 1.28 bits per heavy atom. The minimum absolute atomic E-state index is 0. The molecule has 0 radical (unpaired) electrons. The molecule has 2 unspecified atom stereocenters. The molecular weight excluding hydrogens is 431 g/mol. The quantitative estimate of drug-likeness (QED) is 0.266. The van der Waals surface area contributed by atoms with Crippen molar-refractivity contribution in [3.8, 4) is 0 Å². The molecule has 0 fully saturated rings. The Hall–Kier alpha value is -0.800. The van der Waals surface area contributed by atoms with Crippen molar-refractivity contribution in [3.63, 3.8) is 0 Å². The number of nitrogens with zero attached hydrogens (tertiary/aromatic N) is 2. The van der Waals surface area contributed by atoms with E-state index in [0.717, 1.165) is 44.1 Å². The first-order chi connectivity index (χ1) is 11.6. The Balaban J connectivity index is 0.00000576. The third kappa shape index (κ3) is 9.46. The Bertz CT molecular complexity index is 446. The van der Waals surface area contributed by atoms with Crippen LogP contribution in [-0.2, 0) is 0 Å². The highest BCUT2D eigenvalue weighted by Gasteiger charge is 2.17. The van der Waals surface area contributed by atoms with E-state index in [-0.39, 0.29) is 36.6 Å². The Kier molecular flexibility index (Phi) is 13.9. The van der Waals surface area contributed by atoms with Gasteiger partial charge < -0.3 is 20.2 Å². The summed E-state index contributed by atoms with van der Waals surface area (Å²) in [5.74, 6) is 2.19. The summed E-state index contributed by atoms with van der Waals surface area (Å²) in [5, 5.41) is 15.9. The second-order valence-electron chi connectivity index (χ2n) is 6.26. The summed E-state index contributed by atoms with van der Waals surface area (Å²) in [7, 11) is 4.08. The predicted molar refractivity (Wildman–Crippen MR) is 115 cm³/mol. The highest BCUT2D eigenvalue weighted by atomic mass is 127. The zero-order valence-electron chi connectivity index (χ0n) is 16.0. The second-order valence-corrected chi connectivity index (χ2v) is 6.26. The van der Waals surface area contributed by atoms with Gasteiger partial charge in [-0.25, -0.2) is 0 Å². The number of aliphatic imine (C=N–C) groups is 1. The van der Waals surface area contributed by atoms with E-state index in [1.54, 1.807) is 6.26 Å². The van der Waals surface area contributed by atoms with E-state index in [0.29, 0.717) is 12.5 Å². The molecule has 25 heavy (non-hydrogen) atoms. The first kappa shape index (κ1) is 24.2. The first-order valence-corrected chi connectivity index (χ1v) is 8.95. The fourth-order valence-electron chi connectivity index (χ4n) is 2.69. The maximum absolute atomic E-state index is 9.18. The van der Waals surface area contributed by atoms with Crippen molar-refractivity contribution < 1.29 is 9.52 Å². The van der Waals surface area contributed by atoms with Crippen LogP contribution in [-0.4, -0.2) is 56.3 Å². The lowest BCUT2D eigenvalue weighted by atomic mass is 10.0. The van der Waals surface area contributed by atoms with Gasteiger partial charge in [-0.15, -0.1) is 24.0 Å². The predicted octanol–water partition coefficient (Wildman–Crippen LogP) is 2.85. The van der Waals surface area contributed by atoms with Crippen molar-refractivity contribution in [2.24, 2.45) is 10.9 Å². The smallest absolute Gasteiger partial charge is 0.191 e. The van der Waals surface area contributed by atoms with Gasteiger partial charge >= 0.3 is 0 Å². The van der Waals surface area contributed by atoms with Crippen molar-refractivity contribution >= 4 is 29.9 Å². The van der Waals surface area contributed by atoms with Gasteiger partial charge in [0, 0.05) is 26.2 Å². The molecule has 1 aromatic heterocycles. The lowest BCUT2D eigenvalue weighted by Gasteiger charge is -2.24. The fourth-order valence-corrected chi connectivity index (χ4v) is 2.69. The molecule has 0 aliphatic heterocycles. The van der Waals surface area contributed by atoms with Gasteiger partial charge in [0.25, 0.3) is 0 Å². The summed E-state index contributed by atoms with van der Waals surface area (Å²) < 4.78 is 5.54. The molecule has 1 rings (SSSR count). The fraction of sp³-hybridized carbons (Fsp3) is 0.722. The molecule has 0 aromatic carbocycles. The summed E-state index contributed by atoms with van der Waals surface area (Å²) in [5.41, 5.74) is 0. The summed E-state index contributed by atoms with van der Waals surface area (Å²) >= 11 is 0. The van der Waals surface area contributed by atoms with E-state index in [2.05, 4.69) is 29.4 Å². The van der Waals surface area contributed by atoms with Crippen molar-refractivity contribution in [2.75, 3.05) is 40.3 Å². The molecule has 2 atom stereocenters. The molecule has 0 aliphatic carbocycles. The van der Waals surface area contributed by atoms with E-state index < -0.39 is 0 Å². The van der Waals surface area contributed by atoms with Crippen molar-refractivity contribution in [3.05, 3.63) is 24.2 Å². The molecule has 6 nitrogen and oxygen atoms in total. The van der Waals surface area contributed by atoms with Gasteiger partial charge in [-0.2, -0.15) is 0 Å². The number of nitrogens with one attached hydrogen (secondary N) is 2. The van der Waals surface area contributed by atoms with Crippen LogP contribution >= 0.6 is 24.0 Å². The van der Waals surface area contributed by atoms with Crippen LogP contribution in [0.2, 0.25) is 0 Å². The minimum atomic E-state index is 0. The number of aliphatic hydroxyl groups is 1. The number of likely N-dealkylation sites (N-methyl/N-ethyl adjacent to an activating group) is 1. The molecule has 0 saturated heterocycles. The van der Waals surface area contributed by atoms with Crippen LogP contribution in [0.4, 0.5) is 0 Å². The van der Waals surface area contributed by atoms with Crippen LogP contribution in [0.3, 0.4) is 0 Å². The topological polar surface area (TPSA) is 73.0 Å². The molecule has 0 aliphatic rings. The molecule has 7 heteroatoms. The van der Waals surface area contributed by atoms with Crippen molar-refractivity contribution in [1.82, 2.24) is 15.5 Å². The first-order valence-electron chi connectivity index (χ1n) is 8.95. The highest BCUT2D eigenvalue weighted by molar-refractivity contribution is 14.0. The van der Waals surface area contributed by atoms with Gasteiger partial charge in [-0.05, 0) is 51.9 Å². The lowest BCUT2D eigenvalue weighted by Crippen LogP contribution is -2.42. The van der Waals surface area contributed by atoms with Crippen LogP contribution in [0.1, 0.15) is 44.9 Å². The Morgan fingerprint density at radius 3 is 2.56 bits per heavy atom. The molecule has 0 bridgehead atoms. The van der Waals surface area contributed by atoms with Gasteiger partial charge in [-0.1, -0.05) is 13.3 Å². The molecular formula is C18H35IN4O2. The summed E-state index contributed by atoms with van der Waals surface area (Å²) in [6, 6.07) is 4.05. The minimum Gasteiger partial charge on any atom is -0.468 e. The highest BCUT2D eigenvalue weighted by Crippen LogP contribution is 2.17. The largest absolute Gasteiger partial charge is 0.468 e. The number of aliphatic hydroxyl groups excluding tert-OH is 1. The Labute approximate surface area is 169 Å². The van der Waals surface area contributed by atoms with Crippen LogP contribution in [0.15, 0.2) is 27.8 Å². The van der Waals surface area contributed by atoms with Crippen molar-refractivity contribution in [2.45, 2.75) is 39.2 Å². The number of hydrogen-bond donors (Lipinski definition) is 3. The van der Waals surface area contributed by atoms with Gasteiger partial charge in [0.05, 0.1) is 12.3 Å². The average molecular weight is 466 g/mol. The van der Waals surface area contributed by atoms with Crippen LogP contribution in [0, 0.1) is 5.92 Å². The van der Waals surface area contributed by atoms with Crippen molar-refractivity contribution in [1.29, 1.82) is 0 Å². The number of rotatable bonds is 11. The normalized spacial score (nSPS) is 14.1. The molecule has 0 spiro atoms. The molecule has 146 valence electrons. The third-order valence-electron chi connectivity index (χ3n) is 4.04. The van der Waals surface area contributed by atoms with E-state index in [1.165, 1.54) is 0 Å². The molecule has 0 saturated carbocycles. The zero-order chi connectivity index (χ0) is 17.8.